The first-order valence-corrected chi connectivity index (χ1v) is 11.4. The fraction of sp³-hybridized carbons (Fsp3) is 0.0357. The Hall–Kier alpha value is -5.11. The Morgan fingerprint density at radius 1 is 0.861 bits per heavy atom. The largest absolute Gasteiger partial charge is 0.354 e. The number of fused-ring (bicyclic) bond motifs is 2. The zero-order chi connectivity index (χ0) is 24.5. The Morgan fingerprint density at radius 3 is 2.64 bits per heavy atom. The van der Waals surface area contributed by atoms with E-state index in [9.17, 15) is 4.79 Å². The maximum Gasteiger partial charge on any atom is 0.257 e. The monoisotopic (exact) mass is 471 g/mol. The van der Waals surface area contributed by atoms with Crippen molar-refractivity contribution >= 4 is 44.9 Å². The van der Waals surface area contributed by atoms with E-state index in [0.717, 1.165) is 33.4 Å². The van der Waals surface area contributed by atoms with Crippen molar-refractivity contribution < 1.29 is 4.79 Å². The van der Waals surface area contributed by atoms with Crippen LogP contribution in [-0.4, -0.2) is 30.4 Å². The lowest BCUT2D eigenvalue weighted by molar-refractivity contribution is 0.102. The Morgan fingerprint density at radius 2 is 1.75 bits per heavy atom. The van der Waals surface area contributed by atoms with Crippen LogP contribution >= 0.6 is 0 Å². The topological polar surface area (TPSA) is 97.6 Å². The van der Waals surface area contributed by atoms with Crippen molar-refractivity contribution in [3.63, 3.8) is 0 Å². The molecule has 0 bridgehead atoms. The number of aromatic nitrogens is 5. The Bertz CT molecular complexity index is 1730. The Labute approximate surface area is 206 Å². The number of carbonyl (C=O) groups excluding carboxylic acids is 1. The van der Waals surface area contributed by atoms with Crippen molar-refractivity contribution in [2.45, 2.75) is 0 Å². The molecule has 0 unspecified atom stereocenters. The predicted molar refractivity (Wildman–Crippen MR) is 141 cm³/mol. The molecule has 0 saturated heterocycles. The highest BCUT2D eigenvalue weighted by Crippen LogP contribution is 2.33. The van der Waals surface area contributed by atoms with Crippen LogP contribution in [0.1, 0.15) is 10.4 Å². The molecule has 8 heteroatoms. The van der Waals surface area contributed by atoms with Crippen LogP contribution in [0.4, 0.5) is 17.1 Å². The predicted octanol–water partition coefficient (Wildman–Crippen LogP) is 5.57. The van der Waals surface area contributed by atoms with Gasteiger partial charge in [-0.2, -0.15) is 0 Å². The number of hydrogen-bond donors (Lipinski definition) is 2. The molecule has 0 fully saturated rings. The van der Waals surface area contributed by atoms with Gasteiger partial charge >= 0.3 is 0 Å². The quantitative estimate of drug-likeness (QED) is 0.341. The van der Waals surface area contributed by atoms with Gasteiger partial charge in [0.2, 0.25) is 0 Å². The van der Waals surface area contributed by atoms with Gasteiger partial charge < -0.3 is 15.2 Å². The summed E-state index contributed by atoms with van der Waals surface area (Å²) in [5.74, 6) is -0.261. The van der Waals surface area contributed by atoms with E-state index < -0.39 is 0 Å². The normalized spacial score (nSPS) is 11.0. The van der Waals surface area contributed by atoms with Crippen molar-refractivity contribution in [2.24, 2.45) is 7.05 Å². The number of carbonyl (C=O) groups is 1. The van der Waals surface area contributed by atoms with E-state index in [1.54, 1.807) is 55.4 Å². The lowest BCUT2D eigenvalue weighted by Gasteiger charge is -2.14. The standard InChI is InChI=1S/C28H21N7O/c1-35-12-7-18-4-5-19(13-26(18)35)23-14-21(15-24-27(23)32-11-10-31-24)33-25-17-30-9-6-22(25)28(36)34-20-3-2-8-29-16-20/h2-17,33H,1H3,(H,34,36). The number of aryl methyl sites for hydroxylation is 1. The van der Waals surface area contributed by atoms with Crippen LogP contribution in [-0.2, 0) is 7.05 Å². The highest BCUT2D eigenvalue weighted by atomic mass is 16.1. The van der Waals surface area contributed by atoms with Gasteiger partial charge in [0.15, 0.2) is 0 Å². The summed E-state index contributed by atoms with van der Waals surface area (Å²) in [5, 5.41) is 7.42. The average Bonchev–Trinajstić information content (AvgIpc) is 3.29. The third-order valence-corrected chi connectivity index (χ3v) is 6.04. The summed E-state index contributed by atoms with van der Waals surface area (Å²) < 4.78 is 2.09. The number of hydrogen-bond acceptors (Lipinski definition) is 6. The second-order valence-corrected chi connectivity index (χ2v) is 8.39. The summed E-state index contributed by atoms with van der Waals surface area (Å²) in [6, 6.07) is 17.6. The molecule has 174 valence electrons. The van der Waals surface area contributed by atoms with E-state index in [4.69, 9.17) is 0 Å². The number of nitrogens with zero attached hydrogens (tertiary/aromatic N) is 5. The summed E-state index contributed by atoms with van der Waals surface area (Å²) in [6.07, 6.45) is 11.9. The highest BCUT2D eigenvalue weighted by Gasteiger charge is 2.15. The molecule has 36 heavy (non-hydrogen) atoms. The minimum absolute atomic E-state index is 0.261. The molecule has 0 aliphatic heterocycles. The highest BCUT2D eigenvalue weighted by molar-refractivity contribution is 6.08. The average molecular weight is 472 g/mol. The number of benzene rings is 2. The molecule has 8 nitrogen and oxygen atoms in total. The number of nitrogens with one attached hydrogen (secondary N) is 2. The van der Waals surface area contributed by atoms with E-state index in [2.05, 4.69) is 59.4 Å². The lowest BCUT2D eigenvalue weighted by Crippen LogP contribution is -2.14. The van der Waals surface area contributed by atoms with Crippen LogP contribution in [0.15, 0.2) is 98.0 Å². The summed E-state index contributed by atoms with van der Waals surface area (Å²) in [4.78, 5) is 30.5. The first-order chi connectivity index (χ1) is 17.7. The number of pyridine rings is 2. The summed E-state index contributed by atoms with van der Waals surface area (Å²) in [7, 11) is 2.03. The molecule has 1 amide bonds. The zero-order valence-electron chi connectivity index (χ0n) is 19.4. The maximum absolute atomic E-state index is 13.0. The third-order valence-electron chi connectivity index (χ3n) is 6.04. The van der Waals surface area contributed by atoms with Crippen molar-refractivity contribution in [3.05, 3.63) is 104 Å². The fourth-order valence-electron chi connectivity index (χ4n) is 4.28. The lowest BCUT2D eigenvalue weighted by atomic mass is 10.0. The first kappa shape index (κ1) is 21.4. The molecule has 4 heterocycles. The Balaban J connectivity index is 1.41. The van der Waals surface area contributed by atoms with Crippen LogP contribution in [0.2, 0.25) is 0 Å². The van der Waals surface area contributed by atoms with Crippen LogP contribution in [0.25, 0.3) is 33.1 Å². The van der Waals surface area contributed by atoms with Gasteiger partial charge in [0.1, 0.15) is 0 Å². The van der Waals surface area contributed by atoms with Gasteiger partial charge in [-0.1, -0.05) is 12.1 Å². The van der Waals surface area contributed by atoms with Crippen molar-refractivity contribution in [1.29, 1.82) is 0 Å². The minimum Gasteiger partial charge on any atom is -0.354 e. The van der Waals surface area contributed by atoms with E-state index >= 15 is 0 Å². The number of amides is 1. The first-order valence-electron chi connectivity index (χ1n) is 11.4. The second kappa shape index (κ2) is 8.92. The smallest absolute Gasteiger partial charge is 0.257 e. The molecule has 4 aromatic heterocycles. The second-order valence-electron chi connectivity index (χ2n) is 8.39. The van der Waals surface area contributed by atoms with Gasteiger partial charge in [-0.3, -0.25) is 24.7 Å². The summed E-state index contributed by atoms with van der Waals surface area (Å²) in [6.45, 7) is 0. The molecule has 0 atom stereocenters. The van der Waals surface area contributed by atoms with Crippen molar-refractivity contribution in [3.8, 4) is 11.1 Å². The summed E-state index contributed by atoms with van der Waals surface area (Å²) in [5.41, 5.74) is 7.07. The number of rotatable bonds is 5. The van der Waals surface area contributed by atoms with Crippen LogP contribution in [0.5, 0.6) is 0 Å². The molecular weight excluding hydrogens is 450 g/mol. The van der Waals surface area contributed by atoms with E-state index in [1.807, 2.05) is 25.4 Å². The third kappa shape index (κ3) is 4.01. The Kier molecular flexibility index (Phi) is 5.31. The molecule has 2 aromatic carbocycles. The molecule has 6 rings (SSSR count). The van der Waals surface area contributed by atoms with E-state index in [-0.39, 0.29) is 5.91 Å². The molecule has 2 N–H and O–H groups in total. The van der Waals surface area contributed by atoms with Gasteiger partial charge in [-0.25, -0.2) is 0 Å². The molecule has 0 aliphatic rings. The molecule has 0 aliphatic carbocycles. The van der Waals surface area contributed by atoms with Crippen LogP contribution in [0.3, 0.4) is 0 Å². The molecular formula is C28H21N7O. The van der Waals surface area contributed by atoms with Crippen LogP contribution < -0.4 is 10.6 Å². The van der Waals surface area contributed by atoms with Crippen LogP contribution in [0, 0.1) is 0 Å². The van der Waals surface area contributed by atoms with Gasteiger partial charge in [0.05, 0.1) is 40.4 Å². The SMILES string of the molecule is Cn1ccc2ccc(-c3cc(Nc4cnccc4C(=O)Nc4cccnc4)cc4nccnc34)cc21. The minimum atomic E-state index is -0.261. The van der Waals surface area contributed by atoms with Gasteiger partial charge in [0.25, 0.3) is 5.91 Å². The number of anilines is 3. The molecule has 6 aromatic rings. The zero-order valence-corrected chi connectivity index (χ0v) is 19.4. The summed E-state index contributed by atoms with van der Waals surface area (Å²) >= 11 is 0. The van der Waals surface area contributed by atoms with Gasteiger partial charge in [-0.15, -0.1) is 0 Å². The molecule has 0 spiro atoms. The van der Waals surface area contributed by atoms with Gasteiger partial charge in [-0.05, 0) is 53.4 Å². The fourth-order valence-corrected chi connectivity index (χ4v) is 4.28. The van der Waals surface area contributed by atoms with Crippen molar-refractivity contribution in [2.75, 3.05) is 10.6 Å². The van der Waals surface area contributed by atoms with E-state index in [1.165, 1.54) is 5.39 Å². The van der Waals surface area contributed by atoms with Gasteiger partial charge in [0, 0.05) is 54.8 Å². The maximum atomic E-state index is 13.0. The van der Waals surface area contributed by atoms with Crippen molar-refractivity contribution in [1.82, 2.24) is 24.5 Å². The molecule has 0 saturated carbocycles. The van der Waals surface area contributed by atoms with E-state index in [0.29, 0.717) is 16.9 Å². The molecule has 0 radical (unpaired) electrons.